The zero-order valence-electron chi connectivity index (χ0n) is 15.3. The number of ether oxygens (including phenoxy) is 2. The van der Waals surface area contributed by atoms with Gasteiger partial charge in [-0.1, -0.05) is 46.4 Å². The number of halogens is 4. The summed E-state index contributed by atoms with van der Waals surface area (Å²) >= 11 is 29.2. The van der Waals surface area contributed by atoms with Crippen LogP contribution in [-0.2, 0) is 0 Å². The number of rotatable bonds is 6. The molecule has 0 fully saturated rings. The molecule has 156 valence electrons. The van der Waals surface area contributed by atoms with Crippen LogP contribution in [0.5, 0.6) is 11.5 Å². The zero-order chi connectivity index (χ0) is 21.6. The average Bonchev–Trinajstić information content (AvgIpc) is 2.67. The highest BCUT2D eigenvalue weighted by molar-refractivity contribution is 7.80. The molecule has 29 heavy (non-hydrogen) atoms. The van der Waals surface area contributed by atoms with E-state index in [1.165, 1.54) is 14.2 Å². The standard InChI is InChI=1S/C18H17Cl4N3O3S/c1-27-12-7-8-14(28-2)13(9-12)23-17(29)25-16(18(20,21)22)24-15(26)10-3-5-11(19)6-4-10/h3-9,16H,1-2H3,(H,24,26)(H2,23,25,29). The van der Waals surface area contributed by atoms with Crippen LogP contribution in [0.1, 0.15) is 10.4 Å². The molecule has 1 amide bonds. The van der Waals surface area contributed by atoms with Crippen molar-refractivity contribution in [1.82, 2.24) is 10.6 Å². The van der Waals surface area contributed by atoms with E-state index in [1.807, 2.05) is 0 Å². The Hall–Kier alpha value is -1.64. The highest BCUT2D eigenvalue weighted by atomic mass is 35.6. The molecule has 0 saturated carbocycles. The maximum Gasteiger partial charge on any atom is 0.252 e. The summed E-state index contributed by atoms with van der Waals surface area (Å²) in [6.45, 7) is 0. The Kier molecular flexibility index (Phi) is 8.48. The molecule has 0 saturated heterocycles. The fourth-order valence-electron chi connectivity index (χ4n) is 2.22. The Balaban J connectivity index is 2.13. The van der Waals surface area contributed by atoms with Crippen molar-refractivity contribution in [2.45, 2.75) is 9.96 Å². The Morgan fingerprint density at radius 3 is 2.24 bits per heavy atom. The molecule has 2 aromatic carbocycles. The van der Waals surface area contributed by atoms with Gasteiger partial charge in [-0.15, -0.1) is 0 Å². The summed E-state index contributed by atoms with van der Waals surface area (Å²) in [5.74, 6) is 0.628. The summed E-state index contributed by atoms with van der Waals surface area (Å²) in [7, 11) is 3.05. The van der Waals surface area contributed by atoms with E-state index in [0.717, 1.165) is 0 Å². The first kappa shape index (κ1) is 23.6. The van der Waals surface area contributed by atoms with Gasteiger partial charge in [-0.3, -0.25) is 4.79 Å². The number of nitrogens with one attached hydrogen (secondary N) is 3. The first-order valence-electron chi connectivity index (χ1n) is 8.06. The van der Waals surface area contributed by atoms with Gasteiger partial charge in [0, 0.05) is 16.7 Å². The van der Waals surface area contributed by atoms with Gasteiger partial charge in [0.2, 0.25) is 3.79 Å². The first-order chi connectivity index (χ1) is 13.6. The van der Waals surface area contributed by atoms with Gasteiger partial charge in [0.05, 0.1) is 19.9 Å². The average molecular weight is 497 g/mol. The highest BCUT2D eigenvalue weighted by Gasteiger charge is 2.35. The van der Waals surface area contributed by atoms with Gasteiger partial charge in [0.25, 0.3) is 5.91 Å². The van der Waals surface area contributed by atoms with Gasteiger partial charge < -0.3 is 25.4 Å². The first-order valence-corrected chi connectivity index (χ1v) is 9.98. The zero-order valence-corrected chi connectivity index (χ0v) is 19.1. The molecular weight excluding hydrogens is 480 g/mol. The Morgan fingerprint density at radius 1 is 1.03 bits per heavy atom. The van der Waals surface area contributed by atoms with Crippen LogP contribution in [0.25, 0.3) is 0 Å². The van der Waals surface area contributed by atoms with E-state index in [-0.39, 0.29) is 5.11 Å². The van der Waals surface area contributed by atoms with E-state index in [1.54, 1.807) is 42.5 Å². The van der Waals surface area contributed by atoms with Crippen LogP contribution in [0.2, 0.25) is 5.02 Å². The number of carbonyl (C=O) groups excluding carboxylic acids is 1. The van der Waals surface area contributed by atoms with E-state index in [0.29, 0.717) is 27.8 Å². The van der Waals surface area contributed by atoms with Crippen molar-refractivity contribution in [3.63, 3.8) is 0 Å². The lowest BCUT2D eigenvalue weighted by Crippen LogP contribution is -2.56. The van der Waals surface area contributed by atoms with E-state index in [2.05, 4.69) is 16.0 Å². The summed E-state index contributed by atoms with van der Waals surface area (Å²) in [5, 5.41) is 8.88. The smallest absolute Gasteiger partial charge is 0.252 e. The van der Waals surface area contributed by atoms with Gasteiger partial charge in [-0.2, -0.15) is 0 Å². The number of amides is 1. The van der Waals surface area contributed by atoms with Crippen LogP contribution in [0.3, 0.4) is 0 Å². The third-order valence-corrected chi connectivity index (χ3v) is 4.77. The Morgan fingerprint density at radius 2 is 1.69 bits per heavy atom. The molecule has 2 rings (SSSR count). The van der Waals surface area contributed by atoms with Crippen molar-refractivity contribution in [2.75, 3.05) is 19.5 Å². The second-order valence-electron chi connectivity index (χ2n) is 5.62. The normalized spacial score (nSPS) is 11.9. The number of anilines is 1. The van der Waals surface area contributed by atoms with Gasteiger partial charge in [-0.05, 0) is 48.6 Å². The lowest BCUT2D eigenvalue weighted by Gasteiger charge is -2.28. The minimum absolute atomic E-state index is 0.0873. The predicted molar refractivity (Wildman–Crippen MR) is 122 cm³/mol. The fraction of sp³-hybridized carbons (Fsp3) is 0.222. The number of alkyl halides is 3. The number of benzene rings is 2. The molecule has 11 heteroatoms. The SMILES string of the molecule is COc1ccc(OC)c(NC(=S)NC(NC(=O)c2ccc(Cl)cc2)C(Cl)(Cl)Cl)c1. The van der Waals surface area contributed by atoms with Crippen molar-refractivity contribution in [3.05, 3.63) is 53.1 Å². The largest absolute Gasteiger partial charge is 0.497 e. The molecule has 0 radical (unpaired) electrons. The molecule has 0 aromatic heterocycles. The summed E-state index contributed by atoms with van der Waals surface area (Å²) in [5.41, 5.74) is 0.861. The van der Waals surface area contributed by atoms with E-state index in [4.69, 9.17) is 68.1 Å². The molecule has 3 N–H and O–H groups in total. The molecule has 0 heterocycles. The summed E-state index contributed by atoms with van der Waals surface area (Å²) in [6.07, 6.45) is -1.13. The summed E-state index contributed by atoms with van der Waals surface area (Å²) in [6, 6.07) is 11.4. The van der Waals surface area contributed by atoms with E-state index in [9.17, 15) is 4.79 Å². The van der Waals surface area contributed by atoms with Gasteiger partial charge in [0.15, 0.2) is 5.11 Å². The molecule has 1 atom stereocenters. The predicted octanol–water partition coefficient (Wildman–Crippen LogP) is 4.77. The maximum atomic E-state index is 12.5. The fourth-order valence-corrected chi connectivity index (χ4v) is 2.90. The van der Waals surface area contributed by atoms with Gasteiger partial charge in [0.1, 0.15) is 17.7 Å². The van der Waals surface area contributed by atoms with Crippen molar-refractivity contribution in [3.8, 4) is 11.5 Å². The van der Waals surface area contributed by atoms with E-state index >= 15 is 0 Å². The molecule has 0 spiro atoms. The molecule has 0 aliphatic carbocycles. The van der Waals surface area contributed by atoms with Crippen molar-refractivity contribution in [2.24, 2.45) is 0 Å². The maximum absolute atomic E-state index is 12.5. The minimum atomic E-state index is -1.90. The molecule has 0 aliphatic heterocycles. The molecular formula is C18H17Cl4N3O3S. The molecule has 6 nitrogen and oxygen atoms in total. The number of thiocarbonyl (C=S) groups is 1. The topological polar surface area (TPSA) is 71.6 Å². The van der Waals surface area contributed by atoms with Crippen LogP contribution in [-0.4, -0.2) is 35.2 Å². The second kappa shape index (κ2) is 10.4. The van der Waals surface area contributed by atoms with Gasteiger partial charge in [-0.25, -0.2) is 0 Å². The highest BCUT2D eigenvalue weighted by Crippen LogP contribution is 2.31. The Labute approximate surface area is 193 Å². The third-order valence-electron chi connectivity index (χ3n) is 3.64. The van der Waals surface area contributed by atoms with Crippen molar-refractivity contribution >= 4 is 75.3 Å². The van der Waals surface area contributed by atoms with Crippen molar-refractivity contribution < 1.29 is 14.3 Å². The summed E-state index contributed by atoms with van der Waals surface area (Å²) < 4.78 is 8.58. The van der Waals surface area contributed by atoms with Crippen molar-refractivity contribution in [1.29, 1.82) is 0 Å². The molecule has 0 aliphatic rings. The monoisotopic (exact) mass is 495 g/mol. The van der Waals surface area contributed by atoms with Crippen LogP contribution >= 0.6 is 58.6 Å². The lowest BCUT2D eigenvalue weighted by molar-refractivity contribution is 0.0934. The third kappa shape index (κ3) is 6.97. The quantitative estimate of drug-likeness (QED) is 0.304. The Bertz CT molecular complexity index is 876. The van der Waals surface area contributed by atoms with Crippen LogP contribution in [0, 0.1) is 0 Å². The number of hydrogen-bond acceptors (Lipinski definition) is 4. The minimum Gasteiger partial charge on any atom is -0.497 e. The lowest BCUT2D eigenvalue weighted by atomic mass is 10.2. The second-order valence-corrected chi connectivity index (χ2v) is 8.83. The number of methoxy groups -OCH3 is 2. The number of hydrogen-bond donors (Lipinski definition) is 3. The molecule has 1 unspecified atom stereocenters. The van der Waals surface area contributed by atoms with Crippen LogP contribution in [0.4, 0.5) is 5.69 Å². The van der Waals surface area contributed by atoms with Crippen LogP contribution < -0.4 is 25.4 Å². The number of carbonyl (C=O) groups is 1. The van der Waals surface area contributed by atoms with Crippen LogP contribution in [0.15, 0.2) is 42.5 Å². The summed E-state index contributed by atoms with van der Waals surface area (Å²) in [4.78, 5) is 12.5. The van der Waals surface area contributed by atoms with E-state index < -0.39 is 15.9 Å². The molecule has 2 aromatic rings. The van der Waals surface area contributed by atoms with Gasteiger partial charge >= 0.3 is 0 Å². The molecule has 0 bridgehead atoms.